The van der Waals surface area contributed by atoms with Crippen molar-refractivity contribution in [3.63, 3.8) is 0 Å². The molecule has 1 aromatic rings. The van der Waals surface area contributed by atoms with Gasteiger partial charge >= 0.3 is 28.4 Å². The number of hydrogen-bond donors (Lipinski definition) is 0. The summed E-state index contributed by atoms with van der Waals surface area (Å²) >= 11 is 1.30. The molecule has 4 heteroatoms. The van der Waals surface area contributed by atoms with Crippen LogP contribution in [0.3, 0.4) is 0 Å². The number of hydrogen-bond acceptors (Lipinski definition) is 0. The van der Waals surface area contributed by atoms with E-state index in [4.69, 9.17) is 5.73 Å². The molecule has 0 spiro atoms. The van der Waals surface area contributed by atoms with Gasteiger partial charge in [-0.2, -0.15) is 34.9 Å². The molecule has 1 N–H and O–H groups in total. The number of nitrogens with one attached hydrogen (secondary N) is 1. The Morgan fingerprint density at radius 3 is 1.62 bits per heavy atom. The van der Waals surface area contributed by atoms with Gasteiger partial charge in [0.25, 0.3) is 0 Å². The molecule has 0 unspecified atom stereocenters. The molecule has 16 heavy (non-hydrogen) atoms. The maximum Gasteiger partial charge on any atom is -1.00 e. The Balaban J connectivity index is -0.0000000907. The van der Waals surface area contributed by atoms with Gasteiger partial charge in [-0.3, -0.25) is 0 Å². The van der Waals surface area contributed by atoms with Crippen LogP contribution >= 0.6 is 0 Å². The minimum atomic E-state index is 0. The van der Waals surface area contributed by atoms with Crippen LogP contribution in [0.25, 0.3) is 5.73 Å². The van der Waals surface area contributed by atoms with Gasteiger partial charge in [0.2, 0.25) is 0 Å². The second-order valence-corrected chi connectivity index (χ2v) is 3.11. The molecule has 1 rings (SSSR count). The Bertz CT molecular complexity index is 237. The first kappa shape index (κ1) is 25.5. The van der Waals surface area contributed by atoms with Crippen LogP contribution in [0.5, 0.6) is 0 Å². The summed E-state index contributed by atoms with van der Waals surface area (Å²) in [6.07, 6.45) is 0. The van der Waals surface area contributed by atoms with E-state index in [1.807, 2.05) is 0 Å². The summed E-state index contributed by atoms with van der Waals surface area (Å²) < 4.78 is 3.34. The topological polar surface area (TPSA) is 23.8 Å². The van der Waals surface area contributed by atoms with Gasteiger partial charge in [-0.25, -0.2) is 0 Å². The molecule has 0 bridgehead atoms. The summed E-state index contributed by atoms with van der Waals surface area (Å²) in [6.45, 7) is 11.0. The third kappa shape index (κ3) is 9.84. The molecular weight excluding hydrogens is 320 g/mol. The second-order valence-electron chi connectivity index (χ2n) is 3.11. The summed E-state index contributed by atoms with van der Waals surface area (Å²) in [7, 11) is 0. The van der Waals surface area contributed by atoms with Crippen LogP contribution in [0, 0.1) is 27.7 Å². The van der Waals surface area contributed by atoms with Crippen molar-refractivity contribution in [1.82, 2.24) is 0 Å². The molecule has 0 heterocycles. The smallest absolute Gasteiger partial charge is 1.00 e. The molecule has 0 aliphatic carbocycles. The number of rotatable bonds is 0. The van der Waals surface area contributed by atoms with Gasteiger partial charge in [-0.15, -0.1) is 0 Å². The zero-order valence-corrected chi connectivity index (χ0v) is 14.7. The predicted octanol–water partition coefficient (Wildman–Crippen LogP) is -2.33. The Morgan fingerprint density at radius 2 is 1.56 bits per heavy atom. The van der Waals surface area contributed by atoms with E-state index in [0.717, 1.165) is 0 Å². The van der Waals surface area contributed by atoms with Crippen molar-refractivity contribution in [1.29, 1.82) is 0 Å². The maximum absolute atomic E-state index is 6.21. The van der Waals surface area contributed by atoms with Crippen LogP contribution in [-0.2, 0) is 24.2 Å². The fraction of sp³-hybridized carbons (Fsp3) is 0.500. The van der Waals surface area contributed by atoms with E-state index in [-0.39, 0.29) is 24.8 Å². The fourth-order valence-electron chi connectivity index (χ4n) is 1.13. The molecule has 0 aromatic heterocycles. The molecular formula is C12H21Cl2NZr-4. The van der Waals surface area contributed by atoms with Crippen LogP contribution in [-0.4, -0.2) is 10.8 Å². The van der Waals surface area contributed by atoms with E-state index in [0.29, 0.717) is 6.54 Å². The molecule has 0 atom stereocenters. The van der Waals surface area contributed by atoms with Crippen molar-refractivity contribution in [3.05, 3.63) is 34.1 Å². The monoisotopic (exact) mass is 339 g/mol. The predicted molar refractivity (Wildman–Crippen MR) is 63.0 cm³/mol. The van der Waals surface area contributed by atoms with Gasteiger partial charge in [-0.05, 0) is 0 Å². The summed E-state index contributed by atoms with van der Waals surface area (Å²) in [5.74, 6) is 0. The van der Waals surface area contributed by atoms with Crippen LogP contribution in [0.4, 0.5) is 0 Å². The molecule has 1 nitrogen and oxygen atoms in total. The molecule has 0 fully saturated rings. The summed E-state index contributed by atoms with van der Waals surface area (Å²) in [4.78, 5) is 0. The molecule has 0 aliphatic heterocycles. The average molecular weight is 341 g/mol. The molecule has 0 amide bonds. The maximum atomic E-state index is 6.21. The summed E-state index contributed by atoms with van der Waals surface area (Å²) in [5, 5.41) is 0. The number of halogens is 2. The van der Waals surface area contributed by atoms with Gasteiger partial charge in [0, 0.05) is 0 Å². The van der Waals surface area contributed by atoms with E-state index < -0.39 is 0 Å². The van der Waals surface area contributed by atoms with Gasteiger partial charge in [0.15, 0.2) is 0 Å². The van der Waals surface area contributed by atoms with Crippen LogP contribution < -0.4 is 24.8 Å². The third-order valence-corrected chi connectivity index (χ3v) is 2.18. The fourth-order valence-corrected chi connectivity index (χ4v) is 1.13. The van der Waals surface area contributed by atoms with Crippen LogP contribution in [0.2, 0.25) is 0 Å². The van der Waals surface area contributed by atoms with E-state index in [1.165, 1.54) is 46.5 Å². The first-order chi connectivity index (χ1) is 6.54. The van der Waals surface area contributed by atoms with E-state index in [9.17, 15) is 0 Å². The minimum absolute atomic E-state index is 0. The van der Waals surface area contributed by atoms with Crippen molar-refractivity contribution in [2.75, 3.05) is 6.54 Å². The summed E-state index contributed by atoms with van der Waals surface area (Å²) in [5.41, 5.74) is 12.0. The van der Waals surface area contributed by atoms with Crippen LogP contribution in [0.1, 0.15) is 29.2 Å². The second kappa shape index (κ2) is 15.6. The van der Waals surface area contributed by atoms with Crippen molar-refractivity contribution in [3.8, 4) is 0 Å². The molecule has 0 saturated carbocycles. The van der Waals surface area contributed by atoms with Gasteiger partial charge in [0.1, 0.15) is 0 Å². The standard InChI is InChI=1S/C9H13.C2H6N.CH2.2ClH.Zr/c1-6-5-7(2)9(4)8(6)3;1-2-3;;;;/h5H,1-4H3;3H,2H2,1H3;1H2;2*1H;/q2*-1;;;;/p-2. The third-order valence-electron chi connectivity index (χ3n) is 2.18. The van der Waals surface area contributed by atoms with Crippen molar-refractivity contribution in [2.45, 2.75) is 34.6 Å². The van der Waals surface area contributed by atoms with Gasteiger partial charge in [-0.1, -0.05) is 34.6 Å². The van der Waals surface area contributed by atoms with E-state index >= 15 is 0 Å². The first-order valence-corrected chi connectivity index (χ1v) is 6.48. The largest absolute Gasteiger partial charge is 1.00 e. The minimum Gasteiger partial charge on any atom is -1.00 e. The van der Waals surface area contributed by atoms with E-state index in [2.05, 4.69) is 38.0 Å². The zero-order valence-electron chi connectivity index (χ0n) is 10.7. The van der Waals surface area contributed by atoms with Crippen molar-refractivity contribution in [2.24, 2.45) is 0 Å². The Kier molecular flexibility index (Phi) is 24.9. The molecule has 0 radical (unpaired) electrons. The zero-order chi connectivity index (χ0) is 11.7. The SMILES string of the molecule is CC[NH-].Cc1c[c-](C)c(C)c1C.[CH2]=[Zr].[Cl-].[Cl-]. The summed E-state index contributed by atoms with van der Waals surface area (Å²) in [6, 6.07) is 2.24. The molecule has 96 valence electrons. The van der Waals surface area contributed by atoms with E-state index in [1.54, 1.807) is 6.92 Å². The van der Waals surface area contributed by atoms with Gasteiger partial charge < -0.3 is 30.5 Å². The normalized spacial score (nSPS) is 7.06. The first-order valence-electron chi connectivity index (χ1n) is 4.74. The number of aryl methyl sites for hydroxylation is 2. The molecule has 1 aromatic carbocycles. The average Bonchev–Trinajstić information content (AvgIpc) is 2.38. The van der Waals surface area contributed by atoms with Crippen molar-refractivity contribution < 1.29 is 49.0 Å². The Hall–Kier alpha value is 0.643. The Labute approximate surface area is 128 Å². The molecule has 0 aliphatic rings. The Morgan fingerprint density at radius 1 is 1.25 bits per heavy atom. The van der Waals surface area contributed by atoms with Crippen LogP contribution in [0.15, 0.2) is 6.07 Å². The van der Waals surface area contributed by atoms with Gasteiger partial charge in [0.05, 0.1) is 0 Å². The quantitative estimate of drug-likeness (QED) is 0.473. The molecule has 0 saturated heterocycles. The van der Waals surface area contributed by atoms with Crippen molar-refractivity contribution >= 4 is 4.21 Å².